The van der Waals surface area contributed by atoms with Crippen LogP contribution in [0.4, 0.5) is 8.78 Å². The molecule has 1 aliphatic rings. The van der Waals surface area contributed by atoms with E-state index in [-0.39, 0.29) is 24.1 Å². The van der Waals surface area contributed by atoms with Gasteiger partial charge in [0.15, 0.2) is 5.96 Å². The van der Waals surface area contributed by atoms with E-state index < -0.39 is 11.6 Å². The van der Waals surface area contributed by atoms with Gasteiger partial charge in [-0.15, -0.1) is 0 Å². The summed E-state index contributed by atoms with van der Waals surface area (Å²) < 4.78 is 27.0. The minimum Gasteiger partial charge on any atom is -0.357 e. The van der Waals surface area contributed by atoms with E-state index in [0.29, 0.717) is 19.0 Å². The van der Waals surface area contributed by atoms with Crippen LogP contribution >= 0.6 is 0 Å². The molecule has 2 N–H and O–H groups in total. The third kappa shape index (κ3) is 6.78. The van der Waals surface area contributed by atoms with Crippen molar-refractivity contribution in [1.29, 1.82) is 0 Å². The summed E-state index contributed by atoms with van der Waals surface area (Å²) in [5.41, 5.74) is 0.226. The molecular weight excluding hydrogens is 352 g/mol. The number of piperidine rings is 1. The summed E-state index contributed by atoms with van der Waals surface area (Å²) >= 11 is 0. The third-order valence-electron chi connectivity index (χ3n) is 4.55. The second-order valence-corrected chi connectivity index (χ2v) is 6.91. The molecule has 0 bridgehead atoms. The topological polar surface area (TPSA) is 60.0 Å². The molecule has 1 amide bonds. The smallest absolute Gasteiger partial charge is 0.236 e. The van der Waals surface area contributed by atoms with Crippen molar-refractivity contribution in [2.24, 2.45) is 4.99 Å². The maximum absolute atomic E-state index is 13.8. The van der Waals surface area contributed by atoms with Crippen molar-refractivity contribution < 1.29 is 13.6 Å². The number of aliphatic imine (C=N–C) groups is 1. The first-order chi connectivity index (χ1) is 12.9. The summed E-state index contributed by atoms with van der Waals surface area (Å²) in [4.78, 5) is 19.9. The Morgan fingerprint density at radius 1 is 1.30 bits per heavy atom. The Morgan fingerprint density at radius 3 is 2.63 bits per heavy atom. The lowest BCUT2D eigenvalue weighted by molar-refractivity contribution is -0.130. The summed E-state index contributed by atoms with van der Waals surface area (Å²) in [7, 11) is 3.52. The van der Waals surface area contributed by atoms with Crippen molar-refractivity contribution in [3.05, 3.63) is 35.4 Å². The molecule has 1 aliphatic heterocycles. The van der Waals surface area contributed by atoms with Crippen molar-refractivity contribution in [3.8, 4) is 0 Å². The number of benzene rings is 1. The summed E-state index contributed by atoms with van der Waals surface area (Å²) in [5.74, 6) is -0.244. The SMILES string of the molecule is CCNC(=NCc1cc(F)ccc1F)NC1CCN(CC(=O)N(C)C)CC1. The highest BCUT2D eigenvalue weighted by Crippen LogP contribution is 2.12. The van der Waals surface area contributed by atoms with Gasteiger partial charge in [-0.2, -0.15) is 0 Å². The monoisotopic (exact) mass is 381 g/mol. The first-order valence-electron chi connectivity index (χ1n) is 9.30. The third-order valence-corrected chi connectivity index (χ3v) is 4.55. The quantitative estimate of drug-likeness (QED) is 0.580. The van der Waals surface area contributed by atoms with Gasteiger partial charge in [0, 0.05) is 45.3 Å². The van der Waals surface area contributed by atoms with Gasteiger partial charge >= 0.3 is 0 Å². The van der Waals surface area contributed by atoms with Crippen LogP contribution in [0.2, 0.25) is 0 Å². The van der Waals surface area contributed by atoms with E-state index in [1.165, 1.54) is 6.07 Å². The highest BCUT2D eigenvalue weighted by Gasteiger charge is 2.22. The summed E-state index contributed by atoms with van der Waals surface area (Å²) in [6.07, 6.45) is 1.78. The number of halogens is 2. The van der Waals surface area contributed by atoms with Crippen molar-refractivity contribution in [3.63, 3.8) is 0 Å². The average Bonchev–Trinajstić information content (AvgIpc) is 2.64. The van der Waals surface area contributed by atoms with E-state index in [1.807, 2.05) is 6.92 Å². The molecule has 0 radical (unpaired) electrons. The Balaban J connectivity index is 1.89. The fraction of sp³-hybridized carbons (Fsp3) is 0.579. The lowest BCUT2D eigenvalue weighted by Crippen LogP contribution is -2.50. The van der Waals surface area contributed by atoms with Crippen molar-refractivity contribution >= 4 is 11.9 Å². The highest BCUT2D eigenvalue weighted by atomic mass is 19.1. The second kappa shape index (κ2) is 10.2. The Bertz CT molecular complexity index is 658. The van der Waals surface area contributed by atoms with Gasteiger partial charge in [0.05, 0.1) is 13.1 Å². The molecular formula is C19H29F2N5O. The van der Waals surface area contributed by atoms with Crippen LogP contribution in [0, 0.1) is 11.6 Å². The van der Waals surface area contributed by atoms with Crippen LogP contribution < -0.4 is 10.6 Å². The number of hydrogen-bond donors (Lipinski definition) is 2. The van der Waals surface area contributed by atoms with Gasteiger partial charge in [-0.3, -0.25) is 9.69 Å². The standard InChI is InChI=1S/C19H29F2N5O/c1-4-22-19(23-12-14-11-15(20)5-6-17(14)21)24-16-7-9-26(10-8-16)13-18(27)25(2)3/h5-6,11,16H,4,7-10,12-13H2,1-3H3,(H2,22,23,24). The fourth-order valence-electron chi connectivity index (χ4n) is 2.91. The van der Waals surface area contributed by atoms with Crippen molar-refractivity contribution in [1.82, 2.24) is 20.4 Å². The molecule has 0 atom stereocenters. The van der Waals surface area contributed by atoms with Gasteiger partial charge in [-0.1, -0.05) is 0 Å². The largest absolute Gasteiger partial charge is 0.357 e. The number of nitrogens with one attached hydrogen (secondary N) is 2. The Kier molecular flexibility index (Phi) is 7.97. The van der Waals surface area contributed by atoms with E-state index >= 15 is 0 Å². The molecule has 8 heteroatoms. The number of nitrogens with zero attached hydrogens (tertiary/aromatic N) is 3. The second-order valence-electron chi connectivity index (χ2n) is 6.91. The molecule has 1 heterocycles. The molecule has 1 fully saturated rings. The summed E-state index contributed by atoms with van der Waals surface area (Å²) in [6, 6.07) is 3.61. The number of carbonyl (C=O) groups is 1. The van der Waals surface area contributed by atoms with E-state index in [2.05, 4.69) is 20.5 Å². The Hall–Kier alpha value is -2.22. The summed E-state index contributed by atoms with van der Waals surface area (Å²) in [6.45, 7) is 4.79. The zero-order valence-corrected chi connectivity index (χ0v) is 16.3. The molecule has 0 spiro atoms. The Labute approximate surface area is 159 Å². The number of likely N-dealkylation sites (tertiary alicyclic amines) is 1. The lowest BCUT2D eigenvalue weighted by atomic mass is 10.1. The predicted octanol–water partition coefficient (Wildman–Crippen LogP) is 1.57. The van der Waals surface area contributed by atoms with Crippen LogP contribution in [0.1, 0.15) is 25.3 Å². The number of guanidine groups is 1. The maximum atomic E-state index is 13.8. The molecule has 1 aromatic rings. The molecule has 0 aromatic heterocycles. The first-order valence-corrected chi connectivity index (χ1v) is 9.30. The number of hydrogen-bond acceptors (Lipinski definition) is 3. The van der Waals surface area contributed by atoms with Gasteiger partial charge < -0.3 is 15.5 Å². The maximum Gasteiger partial charge on any atom is 0.236 e. The van der Waals surface area contributed by atoms with Crippen LogP contribution in [0.3, 0.4) is 0 Å². The predicted molar refractivity (Wildman–Crippen MR) is 102 cm³/mol. The molecule has 2 rings (SSSR count). The molecule has 0 saturated carbocycles. The lowest BCUT2D eigenvalue weighted by Gasteiger charge is -2.33. The zero-order valence-electron chi connectivity index (χ0n) is 16.3. The molecule has 150 valence electrons. The van der Waals surface area contributed by atoms with E-state index in [1.54, 1.807) is 19.0 Å². The van der Waals surface area contributed by atoms with Gasteiger partial charge in [0.2, 0.25) is 5.91 Å². The van der Waals surface area contributed by atoms with E-state index in [0.717, 1.165) is 38.1 Å². The van der Waals surface area contributed by atoms with Gasteiger partial charge in [0.1, 0.15) is 11.6 Å². The van der Waals surface area contributed by atoms with Crippen LogP contribution in [0.15, 0.2) is 23.2 Å². The van der Waals surface area contributed by atoms with Crippen molar-refractivity contribution in [2.45, 2.75) is 32.4 Å². The molecule has 0 aliphatic carbocycles. The zero-order chi connectivity index (χ0) is 19.8. The van der Waals surface area contributed by atoms with Crippen LogP contribution in [-0.2, 0) is 11.3 Å². The number of likely N-dealkylation sites (N-methyl/N-ethyl adjacent to an activating group) is 1. The number of carbonyl (C=O) groups excluding carboxylic acids is 1. The number of amides is 1. The van der Waals surface area contributed by atoms with Crippen molar-refractivity contribution in [2.75, 3.05) is 40.3 Å². The molecule has 27 heavy (non-hydrogen) atoms. The van der Waals surface area contributed by atoms with Crippen LogP contribution in [0.25, 0.3) is 0 Å². The van der Waals surface area contributed by atoms with Gasteiger partial charge in [-0.05, 0) is 38.0 Å². The van der Waals surface area contributed by atoms with Crippen LogP contribution in [-0.4, -0.2) is 68.0 Å². The highest BCUT2D eigenvalue weighted by molar-refractivity contribution is 5.80. The summed E-state index contributed by atoms with van der Waals surface area (Å²) in [5, 5.41) is 6.50. The minimum absolute atomic E-state index is 0.0646. The minimum atomic E-state index is -0.473. The van der Waals surface area contributed by atoms with Crippen LogP contribution in [0.5, 0.6) is 0 Å². The fourth-order valence-corrected chi connectivity index (χ4v) is 2.91. The molecule has 1 aromatic carbocycles. The molecule has 0 unspecified atom stereocenters. The first kappa shape index (κ1) is 21.1. The molecule has 6 nitrogen and oxygen atoms in total. The van der Waals surface area contributed by atoms with E-state index in [4.69, 9.17) is 0 Å². The van der Waals surface area contributed by atoms with Gasteiger partial charge in [-0.25, -0.2) is 13.8 Å². The Morgan fingerprint density at radius 2 is 2.00 bits per heavy atom. The van der Waals surface area contributed by atoms with Gasteiger partial charge in [0.25, 0.3) is 0 Å². The number of rotatable bonds is 6. The normalized spacial score (nSPS) is 16.3. The molecule has 1 saturated heterocycles. The average molecular weight is 381 g/mol. The van der Waals surface area contributed by atoms with E-state index in [9.17, 15) is 13.6 Å².